The molecule has 2 aliphatic heterocycles. The Morgan fingerprint density at radius 1 is 0.724 bits per heavy atom. The standard InChI is InChI=1S/C22H19N5.ClH.Pt/c1-24-16-27(20-11-6-5-10-19(20)24)22-13-7-12-21(23-22)26-15-14-25(17-26)18-8-3-2-4-9-18;;/h2-17H,1H3;1H;/q-2;;+1/p-1. The molecule has 7 heteroatoms. The van der Waals surface area contributed by atoms with Crippen LogP contribution in [0.3, 0.4) is 0 Å². The number of para-hydroxylation sites is 3. The fourth-order valence-electron chi connectivity index (χ4n) is 3.38. The van der Waals surface area contributed by atoms with Crippen molar-refractivity contribution in [3.8, 4) is 0 Å². The van der Waals surface area contributed by atoms with Crippen LogP contribution in [0.25, 0.3) is 0 Å². The summed E-state index contributed by atoms with van der Waals surface area (Å²) in [5, 5.41) is 0. The van der Waals surface area contributed by atoms with Crippen LogP contribution in [0.5, 0.6) is 0 Å². The van der Waals surface area contributed by atoms with Gasteiger partial charge in [0.15, 0.2) is 0 Å². The number of pyridine rings is 1. The monoisotopic (exact) mass is 583 g/mol. The quantitative estimate of drug-likeness (QED) is 0.385. The number of rotatable bonds is 3. The topological polar surface area (TPSA) is 25.9 Å². The van der Waals surface area contributed by atoms with Gasteiger partial charge in [0.2, 0.25) is 0 Å². The summed E-state index contributed by atoms with van der Waals surface area (Å²) in [7, 11) is 6.66. The van der Waals surface area contributed by atoms with Crippen LogP contribution >= 0.6 is 9.42 Å². The number of nitrogens with zero attached hydrogens (tertiary/aromatic N) is 5. The molecule has 5 rings (SSSR count). The molecule has 0 radical (unpaired) electrons. The third kappa shape index (κ3) is 3.98. The Kier molecular flexibility index (Phi) is 6.07. The molecular formula is C22H19ClN5Pt-2. The van der Waals surface area contributed by atoms with Crippen LogP contribution in [-0.2, 0) is 18.8 Å². The van der Waals surface area contributed by atoms with Crippen molar-refractivity contribution in [3.63, 3.8) is 0 Å². The molecule has 0 saturated heterocycles. The fraction of sp³-hybridized carbons (Fsp3) is 0.0455. The second-order valence-corrected chi connectivity index (χ2v) is 6.50. The van der Waals surface area contributed by atoms with Gasteiger partial charge < -0.3 is 19.6 Å². The normalized spacial score (nSPS) is 14.8. The second kappa shape index (κ2) is 8.89. The van der Waals surface area contributed by atoms with Gasteiger partial charge in [-0.25, -0.2) is 4.98 Å². The Balaban J connectivity index is 0.000000994. The van der Waals surface area contributed by atoms with Gasteiger partial charge in [0, 0.05) is 17.1 Å². The third-order valence-corrected chi connectivity index (χ3v) is 4.73. The summed E-state index contributed by atoms with van der Waals surface area (Å²) < 4.78 is 0. The van der Waals surface area contributed by atoms with Gasteiger partial charge in [-0.3, -0.25) is 0 Å². The molecule has 0 amide bonds. The van der Waals surface area contributed by atoms with Crippen molar-refractivity contribution in [1.29, 1.82) is 0 Å². The Morgan fingerprint density at radius 3 is 2.17 bits per heavy atom. The summed E-state index contributed by atoms with van der Waals surface area (Å²) >= 11 is 1.61. The van der Waals surface area contributed by atoms with Crippen LogP contribution in [-0.4, -0.2) is 12.0 Å². The van der Waals surface area contributed by atoms with E-state index < -0.39 is 0 Å². The van der Waals surface area contributed by atoms with E-state index in [1.165, 1.54) is 5.69 Å². The molecule has 0 fully saturated rings. The summed E-state index contributed by atoms with van der Waals surface area (Å²) in [6, 6.07) is 24.7. The van der Waals surface area contributed by atoms with E-state index in [-0.39, 0.29) is 0 Å². The van der Waals surface area contributed by atoms with E-state index in [2.05, 4.69) is 74.2 Å². The van der Waals surface area contributed by atoms with Gasteiger partial charge >= 0.3 is 28.2 Å². The van der Waals surface area contributed by atoms with Gasteiger partial charge in [0.05, 0.1) is 0 Å². The SMILES string of the molecule is CN1[CH-]N(c2cccc(N3C=CN(c4ccccc4)[CH-]3)n2)c2ccccc21.[Cl][Pt]. The molecule has 29 heavy (non-hydrogen) atoms. The molecule has 3 heterocycles. The maximum absolute atomic E-state index is 4.88. The first-order valence-electron chi connectivity index (χ1n) is 9.00. The molecule has 2 aromatic carbocycles. The molecule has 0 atom stereocenters. The molecule has 0 aliphatic carbocycles. The van der Waals surface area contributed by atoms with Crippen molar-refractivity contribution in [3.05, 3.63) is 98.5 Å². The van der Waals surface area contributed by atoms with E-state index in [1.54, 1.807) is 18.8 Å². The van der Waals surface area contributed by atoms with Gasteiger partial charge in [-0.15, -0.1) is 13.3 Å². The molecule has 3 aromatic rings. The van der Waals surface area contributed by atoms with Crippen molar-refractivity contribution in [2.24, 2.45) is 0 Å². The molecular weight excluding hydrogens is 565 g/mol. The van der Waals surface area contributed by atoms with E-state index in [0.717, 1.165) is 23.0 Å². The van der Waals surface area contributed by atoms with E-state index in [9.17, 15) is 0 Å². The van der Waals surface area contributed by atoms with E-state index in [1.807, 2.05) is 60.4 Å². The zero-order valence-electron chi connectivity index (χ0n) is 15.7. The fourth-order valence-corrected chi connectivity index (χ4v) is 3.38. The minimum absolute atomic E-state index is 0.877. The molecule has 5 nitrogen and oxygen atoms in total. The summed E-state index contributed by atoms with van der Waals surface area (Å²) in [6.07, 6.45) is 4.06. The van der Waals surface area contributed by atoms with Gasteiger partial charge in [-0.1, -0.05) is 36.4 Å². The first kappa shape index (κ1) is 19.8. The van der Waals surface area contributed by atoms with Gasteiger partial charge in [0.1, 0.15) is 11.6 Å². The molecule has 0 saturated carbocycles. The van der Waals surface area contributed by atoms with Gasteiger partial charge in [-0.05, 0) is 55.8 Å². The third-order valence-electron chi connectivity index (χ3n) is 4.73. The minimum atomic E-state index is 0.877. The van der Waals surface area contributed by atoms with Crippen LogP contribution in [0.4, 0.5) is 28.7 Å². The van der Waals surface area contributed by atoms with Crippen LogP contribution in [0.1, 0.15) is 0 Å². The molecule has 1 aromatic heterocycles. The molecule has 0 bridgehead atoms. The number of fused-ring (bicyclic) bond motifs is 1. The molecule has 151 valence electrons. The van der Waals surface area contributed by atoms with E-state index in [0.29, 0.717) is 0 Å². The Bertz CT molecular complexity index is 997. The average Bonchev–Trinajstić information content (AvgIpc) is 3.42. The zero-order valence-corrected chi connectivity index (χ0v) is 18.7. The number of benzene rings is 2. The second-order valence-electron chi connectivity index (χ2n) is 6.50. The molecule has 0 N–H and O–H groups in total. The van der Waals surface area contributed by atoms with Gasteiger partial charge in [0.25, 0.3) is 0 Å². The van der Waals surface area contributed by atoms with Crippen molar-refractivity contribution >= 4 is 38.1 Å². The van der Waals surface area contributed by atoms with Crippen LogP contribution in [0, 0.1) is 13.3 Å². The summed E-state index contributed by atoms with van der Waals surface area (Å²) in [4.78, 5) is 13.2. The predicted molar refractivity (Wildman–Crippen MR) is 116 cm³/mol. The zero-order chi connectivity index (χ0) is 20.2. The number of hydrogen-bond donors (Lipinski definition) is 0. The predicted octanol–water partition coefficient (Wildman–Crippen LogP) is 5.39. The number of anilines is 5. The Morgan fingerprint density at radius 2 is 1.38 bits per heavy atom. The summed E-state index contributed by atoms with van der Waals surface area (Å²) in [5.41, 5.74) is 3.43. The molecule has 2 aliphatic rings. The van der Waals surface area contributed by atoms with Crippen LogP contribution in [0.2, 0.25) is 0 Å². The first-order valence-corrected chi connectivity index (χ1v) is 11.8. The van der Waals surface area contributed by atoms with Crippen molar-refractivity contribution in [2.75, 3.05) is 26.6 Å². The Hall–Kier alpha value is -2.49. The first-order chi connectivity index (χ1) is 14.3. The van der Waals surface area contributed by atoms with Crippen molar-refractivity contribution in [2.45, 2.75) is 0 Å². The summed E-state index contributed by atoms with van der Waals surface area (Å²) in [5.74, 6) is 1.77. The Labute approximate surface area is 186 Å². The van der Waals surface area contributed by atoms with Crippen LogP contribution in [0.15, 0.2) is 85.2 Å². The van der Waals surface area contributed by atoms with Crippen molar-refractivity contribution < 1.29 is 18.8 Å². The number of aromatic nitrogens is 1. The van der Waals surface area contributed by atoms with E-state index >= 15 is 0 Å². The summed E-state index contributed by atoms with van der Waals surface area (Å²) in [6.45, 7) is 4.10. The van der Waals surface area contributed by atoms with Gasteiger partial charge in [-0.2, -0.15) is 0 Å². The van der Waals surface area contributed by atoms with E-state index in [4.69, 9.17) is 4.98 Å². The van der Waals surface area contributed by atoms with Crippen molar-refractivity contribution in [1.82, 2.24) is 4.98 Å². The number of hydrogen-bond acceptors (Lipinski definition) is 5. The molecule has 0 spiro atoms. The maximum atomic E-state index is 4.88. The van der Waals surface area contributed by atoms with Crippen LogP contribution < -0.4 is 19.6 Å². The average molecular weight is 584 g/mol. The molecule has 0 unspecified atom stereocenters. The number of halogens is 1.